The molecule has 2 aromatic carbocycles. The first-order chi connectivity index (χ1) is 20.2. The number of aliphatic carboxylic acids is 1. The van der Waals surface area contributed by atoms with Gasteiger partial charge in [0.05, 0.1) is 32.0 Å². The number of esters is 1. The number of hydrogen-bond donors (Lipinski definition) is 7. The van der Waals surface area contributed by atoms with E-state index in [1.165, 1.54) is 31.4 Å². The molecule has 43 heavy (non-hydrogen) atoms. The summed E-state index contributed by atoms with van der Waals surface area (Å²) in [6.45, 7) is 0.520. The third kappa shape index (κ3) is 7.26. The van der Waals surface area contributed by atoms with Crippen LogP contribution in [0.5, 0.6) is 28.7 Å². The second kappa shape index (κ2) is 12.6. The summed E-state index contributed by atoms with van der Waals surface area (Å²) in [5, 5.41) is 69.9. The van der Waals surface area contributed by atoms with Crippen LogP contribution >= 0.6 is 0 Å². The fourth-order valence-corrected chi connectivity index (χ4v) is 4.79. The lowest BCUT2D eigenvalue weighted by molar-refractivity contribution is -0.278. The van der Waals surface area contributed by atoms with Crippen LogP contribution in [-0.2, 0) is 19.1 Å². The van der Waals surface area contributed by atoms with Crippen LogP contribution in [0.25, 0.3) is 0 Å². The number of aliphatic hydroxyl groups is 4. The maximum Gasteiger partial charge on any atom is 0.308 e. The fourth-order valence-electron chi connectivity index (χ4n) is 4.79. The molecule has 2 aliphatic rings. The topological polar surface area (TPSA) is 239 Å². The maximum absolute atomic E-state index is 12.7. The Morgan fingerprint density at radius 1 is 1.02 bits per heavy atom. The average molecular weight is 609 g/mol. The zero-order valence-corrected chi connectivity index (χ0v) is 23.1. The van der Waals surface area contributed by atoms with Gasteiger partial charge in [-0.3, -0.25) is 14.4 Å². The number of ketones is 1. The number of carbonyl (C=O) groups excluding carboxylic acids is 2. The van der Waals surface area contributed by atoms with Crippen molar-refractivity contribution < 1.29 is 73.8 Å². The molecule has 2 aliphatic heterocycles. The summed E-state index contributed by atoms with van der Waals surface area (Å²) in [6, 6.07) is 6.69. The first kappa shape index (κ1) is 31.8. The molecular weight excluding hydrogens is 576 g/mol. The van der Waals surface area contributed by atoms with E-state index in [-0.39, 0.29) is 35.0 Å². The molecule has 2 aromatic rings. The molecule has 1 fully saturated rings. The van der Waals surface area contributed by atoms with Crippen molar-refractivity contribution in [3.05, 3.63) is 41.5 Å². The summed E-state index contributed by atoms with van der Waals surface area (Å²) >= 11 is 0. The number of Topliss-reactive ketones (excluding diaryl/α,β-unsaturated/α-hetero) is 1. The van der Waals surface area contributed by atoms with Gasteiger partial charge in [0, 0.05) is 12.1 Å². The molecule has 7 atom stereocenters. The van der Waals surface area contributed by atoms with Gasteiger partial charge >= 0.3 is 11.9 Å². The molecule has 0 unspecified atom stereocenters. The lowest BCUT2D eigenvalue weighted by Gasteiger charge is -2.40. The number of carboxylic acids is 1. The van der Waals surface area contributed by atoms with Crippen molar-refractivity contribution in [3.8, 4) is 28.7 Å². The molecule has 15 nitrogen and oxygen atoms in total. The van der Waals surface area contributed by atoms with E-state index in [9.17, 15) is 45.0 Å². The number of aromatic hydroxyl groups is 2. The quantitative estimate of drug-likeness (QED) is 0.178. The van der Waals surface area contributed by atoms with Crippen LogP contribution in [0.4, 0.5) is 0 Å². The Morgan fingerprint density at radius 3 is 2.42 bits per heavy atom. The predicted molar refractivity (Wildman–Crippen MR) is 141 cm³/mol. The number of hydrogen-bond acceptors (Lipinski definition) is 14. The lowest BCUT2D eigenvalue weighted by Crippen LogP contribution is -2.60. The molecule has 0 amide bonds. The van der Waals surface area contributed by atoms with Crippen LogP contribution in [-0.4, -0.2) is 103 Å². The number of ether oxygens (including phenoxy) is 5. The molecule has 0 radical (unpaired) electrons. The lowest BCUT2D eigenvalue weighted by atomic mass is 9.95. The summed E-state index contributed by atoms with van der Waals surface area (Å²) < 4.78 is 27.5. The highest BCUT2D eigenvalue weighted by atomic mass is 16.7. The summed E-state index contributed by atoms with van der Waals surface area (Å²) in [7, 11) is 1.32. The number of phenols is 2. The van der Waals surface area contributed by atoms with Gasteiger partial charge < -0.3 is 59.4 Å². The van der Waals surface area contributed by atoms with E-state index in [1.54, 1.807) is 0 Å². The van der Waals surface area contributed by atoms with E-state index in [2.05, 4.69) is 0 Å². The third-order valence-electron chi connectivity index (χ3n) is 6.92. The second-order valence-corrected chi connectivity index (χ2v) is 10.5. The zero-order valence-electron chi connectivity index (χ0n) is 23.1. The monoisotopic (exact) mass is 608 g/mol. The molecule has 0 bridgehead atoms. The summed E-state index contributed by atoms with van der Waals surface area (Å²) in [6.07, 6.45) is -10.5. The SMILES string of the molecule is COc1cc([C@@H]2CC(=O)c3c(O)cc(O)cc3O2)ccc1O[C@@H]1O[C@H](COC(=O)C[C@@](C)(O)CC(=O)O)[C@@H](O)[C@H](O)[C@H]1O. The van der Waals surface area contributed by atoms with E-state index in [4.69, 9.17) is 28.8 Å². The minimum Gasteiger partial charge on any atom is -0.508 e. The van der Waals surface area contributed by atoms with Crippen LogP contribution < -0.4 is 14.2 Å². The Labute approximate surface area is 244 Å². The van der Waals surface area contributed by atoms with Crippen molar-refractivity contribution >= 4 is 17.7 Å². The number of phenolic OH excluding ortho intramolecular Hbond substituents is 2. The fraction of sp³-hybridized carbons (Fsp3) is 0.464. The van der Waals surface area contributed by atoms with E-state index in [0.29, 0.717) is 5.56 Å². The number of carboxylic acid groups (broad SMARTS) is 1. The van der Waals surface area contributed by atoms with Gasteiger partial charge in [0.25, 0.3) is 0 Å². The van der Waals surface area contributed by atoms with Gasteiger partial charge in [0.2, 0.25) is 6.29 Å². The number of rotatable bonds is 10. The normalized spacial score (nSPS) is 26.4. The number of benzene rings is 2. The number of aliphatic hydroxyl groups excluding tert-OH is 3. The van der Waals surface area contributed by atoms with E-state index in [1.807, 2.05) is 0 Å². The molecule has 0 aromatic heterocycles. The Morgan fingerprint density at radius 2 is 1.74 bits per heavy atom. The van der Waals surface area contributed by atoms with Crippen LogP contribution in [0, 0.1) is 0 Å². The third-order valence-corrected chi connectivity index (χ3v) is 6.92. The highest BCUT2D eigenvalue weighted by Gasteiger charge is 2.46. The number of carbonyl (C=O) groups is 3. The molecule has 0 spiro atoms. The summed E-state index contributed by atoms with van der Waals surface area (Å²) in [5.74, 6) is -3.29. The van der Waals surface area contributed by atoms with Gasteiger partial charge in [0.15, 0.2) is 17.3 Å². The van der Waals surface area contributed by atoms with Crippen molar-refractivity contribution in [2.45, 2.75) is 68.6 Å². The Balaban J connectivity index is 1.45. The van der Waals surface area contributed by atoms with E-state index < -0.39 is 85.3 Å². The Bertz CT molecular complexity index is 1370. The van der Waals surface area contributed by atoms with Crippen molar-refractivity contribution in [2.75, 3.05) is 13.7 Å². The standard InChI is InChI=1S/C28H32O15/c1-28(38,9-21(32)33)10-22(34)40-11-20-24(35)25(36)26(37)27(43-20)42-16-4-3-12(5-18(16)39-2)17-8-15(31)23-14(30)6-13(29)7-19(23)41-17/h3-7,17,20,24-27,29-30,35-38H,8-11H2,1-2H3,(H,32,33)/t17-,20+,24+,25-,26+,27+,28-/m0/s1. The highest BCUT2D eigenvalue weighted by molar-refractivity contribution is 6.02. The minimum atomic E-state index is -1.89. The molecule has 7 N–H and O–H groups in total. The highest BCUT2D eigenvalue weighted by Crippen LogP contribution is 2.43. The molecule has 15 heteroatoms. The summed E-state index contributed by atoms with van der Waals surface area (Å²) in [4.78, 5) is 35.7. The van der Waals surface area contributed by atoms with Crippen molar-refractivity contribution in [2.24, 2.45) is 0 Å². The smallest absolute Gasteiger partial charge is 0.308 e. The van der Waals surface area contributed by atoms with Crippen molar-refractivity contribution in [1.29, 1.82) is 0 Å². The van der Waals surface area contributed by atoms with Gasteiger partial charge in [-0.2, -0.15) is 0 Å². The van der Waals surface area contributed by atoms with Gasteiger partial charge in [-0.15, -0.1) is 0 Å². The second-order valence-electron chi connectivity index (χ2n) is 10.5. The van der Waals surface area contributed by atoms with E-state index >= 15 is 0 Å². The van der Waals surface area contributed by atoms with Crippen LogP contribution in [0.2, 0.25) is 0 Å². The molecule has 2 heterocycles. The van der Waals surface area contributed by atoms with Gasteiger partial charge in [0.1, 0.15) is 59.9 Å². The predicted octanol–water partition coefficient (Wildman–Crippen LogP) is 0.158. The van der Waals surface area contributed by atoms with Crippen LogP contribution in [0.15, 0.2) is 30.3 Å². The average Bonchev–Trinajstić information content (AvgIpc) is 2.91. The van der Waals surface area contributed by atoms with Crippen LogP contribution in [0.3, 0.4) is 0 Å². The molecule has 234 valence electrons. The van der Waals surface area contributed by atoms with Gasteiger partial charge in [-0.05, 0) is 24.6 Å². The molecule has 4 rings (SSSR count). The maximum atomic E-state index is 12.7. The number of fused-ring (bicyclic) bond motifs is 1. The molecule has 0 aliphatic carbocycles. The first-order valence-corrected chi connectivity index (χ1v) is 13.1. The molecule has 0 saturated carbocycles. The molecule has 1 saturated heterocycles. The summed E-state index contributed by atoms with van der Waals surface area (Å²) in [5.41, 5.74) is -1.46. The zero-order chi connectivity index (χ0) is 31.6. The Hall–Kier alpha value is -4.15. The number of methoxy groups -OCH3 is 1. The Kier molecular flexibility index (Phi) is 9.32. The largest absolute Gasteiger partial charge is 0.508 e. The molecular formula is C28H32O15. The van der Waals surface area contributed by atoms with E-state index in [0.717, 1.165) is 13.0 Å². The minimum absolute atomic E-state index is 0.00144. The van der Waals surface area contributed by atoms with Gasteiger partial charge in [-0.25, -0.2) is 0 Å². The van der Waals surface area contributed by atoms with Gasteiger partial charge in [-0.1, -0.05) is 6.07 Å². The van der Waals surface area contributed by atoms with Crippen molar-refractivity contribution in [1.82, 2.24) is 0 Å². The van der Waals surface area contributed by atoms with Crippen LogP contribution in [0.1, 0.15) is 48.2 Å². The first-order valence-electron chi connectivity index (χ1n) is 13.1. The van der Waals surface area contributed by atoms with Crippen molar-refractivity contribution in [3.63, 3.8) is 0 Å².